The Morgan fingerprint density at radius 3 is 2.50 bits per heavy atom. The largest absolute Gasteiger partial charge is 0.390 e. The fraction of sp³-hybridized carbons (Fsp3) is 0.462. The molecule has 4 nitrogen and oxygen atoms in total. The second kappa shape index (κ2) is 9.34. The lowest BCUT2D eigenvalue weighted by atomic mass is 9.70. The van der Waals surface area contributed by atoms with E-state index in [4.69, 9.17) is 4.74 Å². The topological polar surface area (TPSA) is 48.5 Å². The molecule has 0 radical (unpaired) electrons. The first-order valence-electron chi connectivity index (χ1n) is 11.1. The van der Waals surface area contributed by atoms with E-state index >= 15 is 0 Å². The molecule has 1 heterocycles. The molecule has 1 aliphatic rings. The highest BCUT2D eigenvalue weighted by atomic mass is 16.5. The van der Waals surface area contributed by atoms with Crippen molar-refractivity contribution in [1.82, 2.24) is 9.88 Å². The van der Waals surface area contributed by atoms with Crippen LogP contribution in [0.1, 0.15) is 36.8 Å². The molecule has 4 rings (SSSR count). The Balaban J connectivity index is 1.26. The first kappa shape index (κ1) is 21.1. The average Bonchev–Trinajstić information content (AvgIpc) is 3.20. The van der Waals surface area contributed by atoms with E-state index in [9.17, 15) is 5.11 Å². The number of rotatable bonds is 8. The van der Waals surface area contributed by atoms with Crippen LogP contribution in [0.25, 0.3) is 10.9 Å². The Bertz CT molecular complexity index is 926. The molecule has 0 aliphatic heterocycles. The van der Waals surface area contributed by atoms with Gasteiger partial charge in [0.25, 0.3) is 0 Å². The van der Waals surface area contributed by atoms with Gasteiger partial charge in [0.05, 0.1) is 19.3 Å². The maximum Gasteiger partial charge on any atom is 0.0801 e. The van der Waals surface area contributed by atoms with Crippen molar-refractivity contribution in [3.8, 4) is 0 Å². The number of nitrogens with one attached hydrogen (secondary N) is 1. The number of aliphatic hydroxyl groups excluding tert-OH is 1. The molecular formula is C26H34N2O2. The van der Waals surface area contributed by atoms with Crippen LogP contribution >= 0.6 is 0 Å². The van der Waals surface area contributed by atoms with Gasteiger partial charge in [-0.2, -0.15) is 0 Å². The van der Waals surface area contributed by atoms with E-state index in [0.29, 0.717) is 19.1 Å². The molecule has 0 saturated heterocycles. The van der Waals surface area contributed by atoms with E-state index in [1.807, 2.05) is 6.07 Å². The standard InChI is InChI=1S/C26H34N2O2/c1-28(2)26(22-8-4-3-5-9-22)15-12-20(13-16-26)25(29)19-30-17-14-21-18-27-24-11-7-6-10-23(21)24/h3-11,18,20,25,27,29H,12-17,19H2,1-2H3. The normalized spacial score (nSPS) is 23.1. The van der Waals surface area contributed by atoms with Crippen LogP contribution in [0.4, 0.5) is 0 Å². The van der Waals surface area contributed by atoms with Crippen molar-refractivity contribution in [2.75, 3.05) is 27.3 Å². The summed E-state index contributed by atoms with van der Waals surface area (Å²) in [4.78, 5) is 5.67. The molecule has 4 heteroatoms. The van der Waals surface area contributed by atoms with Crippen molar-refractivity contribution in [2.24, 2.45) is 5.92 Å². The van der Waals surface area contributed by atoms with Gasteiger partial charge in [-0.15, -0.1) is 0 Å². The van der Waals surface area contributed by atoms with Gasteiger partial charge in [-0.1, -0.05) is 48.5 Å². The van der Waals surface area contributed by atoms with Gasteiger partial charge in [-0.3, -0.25) is 4.90 Å². The molecule has 0 bridgehead atoms. The monoisotopic (exact) mass is 406 g/mol. The molecule has 30 heavy (non-hydrogen) atoms. The first-order valence-corrected chi connectivity index (χ1v) is 11.1. The van der Waals surface area contributed by atoms with Crippen LogP contribution < -0.4 is 0 Å². The summed E-state index contributed by atoms with van der Waals surface area (Å²) in [5.41, 5.74) is 3.90. The Kier molecular flexibility index (Phi) is 6.57. The minimum atomic E-state index is -0.385. The number of ether oxygens (including phenoxy) is 1. The number of hydrogen-bond donors (Lipinski definition) is 2. The summed E-state index contributed by atoms with van der Waals surface area (Å²) < 4.78 is 5.88. The van der Waals surface area contributed by atoms with E-state index in [1.54, 1.807) is 0 Å². The summed E-state index contributed by atoms with van der Waals surface area (Å²) in [6, 6.07) is 19.2. The number of hydrogen-bond acceptors (Lipinski definition) is 3. The Morgan fingerprint density at radius 1 is 1.07 bits per heavy atom. The highest BCUT2D eigenvalue weighted by Gasteiger charge is 2.40. The van der Waals surface area contributed by atoms with E-state index < -0.39 is 0 Å². The van der Waals surface area contributed by atoms with Crippen LogP contribution in [-0.2, 0) is 16.7 Å². The maximum atomic E-state index is 10.7. The predicted octanol–water partition coefficient (Wildman–Crippen LogP) is 4.74. The number of aromatic amines is 1. The average molecular weight is 407 g/mol. The molecule has 2 aromatic carbocycles. The summed E-state index contributed by atoms with van der Waals surface area (Å²) in [5.74, 6) is 0.315. The van der Waals surface area contributed by atoms with Crippen LogP contribution in [0, 0.1) is 5.92 Å². The van der Waals surface area contributed by atoms with Crippen molar-refractivity contribution in [1.29, 1.82) is 0 Å². The lowest BCUT2D eigenvalue weighted by Crippen LogP contribution is -2.46. The van der Waals surface area contributed by atoms with Gasteiger partial charge in [-0.05, 0) is 69.3 Å². The lowest BCUT2D eigenvalue weighted by Gasteiger charge is -2.46. The van der Waals surface area contributed by atoms with Crippen LogP contribution in [0.15, 0.2) is 60.8 Å². The highest BCUT2D eigenvalue weighted by Crippen LogP contribution is 2.43. The molecule has 0 spiro atoms. The zero-order valence-electron chi connectivity index (χ0n) is 18.2. The summed E-state index contributed by atoms with van der Waals surface area (Å²) in [7, 11) is 4.36. The smallest absolute Gasteiger partial charge is 0.0801 e. The van der Waals surface area contributed by atoms with Gasteiger partial charge in [0.2, 0.25) is 0 Å². The minimum Gasteiger partial charge on any atom is -0.390 e. The molecule has 0 amide bonds. The van der Waals surface area contributed by atoms with Crippen molar-refractivity contribution in [3.05, 3.63) is 71.9 Å². The fourth-order valence-corrected chi connectivity index (χ4v) is 5.11. The number of nitrogens with zero attached hydrogens (tertiary/aromatic N) is 1. The Hall–Kier alpha value is -2.14. The predicted molar refractivity (Wildman–Crippen MR) is 123 cm³/mol. The molecule has 1 atom stereocenters. The van der Waals surface area contributed by atoms with Crippen LogP contribution in [0.5, 0.6) is 0 Å². The zero-order valence-corrected chi connectivity index (χ0v) is 18.2. The molecule has 3 aromatic rings. The third kappa shape index (κ3) is 4.31. The van der Waals surface area contributed by atoms with Gasteiger partial charge in [-0.25, -0.2) is 0 Å². The molecule has 1 aliphatic carbocycles. The van der Waals surface area contributed by atoms with Gasteiger partial charge >= 0.3 is 0 Å². The summed E-state index contributed by atoms with van der Waals surface area (Å²) >= 11 is 0. The van der Waals surface area contributed by atoms with E-state index in [2.05, 4.69) is 78.7 Å². The van der Waals surface area contributed by atoms with Gasteiger partial charge < -0.3 is 14.8 Å². The van der Waals surface area contributed by atoms with E-state index in [0.717, 1.165) is 37.6 Å². The van der Waals surface area contributed by atoms with Crippen molar-refractivity contribution < 1.29 is 9.84 Å². The van der Waals surface area contributed by atoms with Gasteiger partial charge in [0.15, 0.2) is 0 Å². The maximum absolute atomic E-state index is 10.7. The van der Waals surface area contributed by atoms with Gasteiger partial charge in [0, 0.05) is 22.6 Å². The van der Waals surface area contributed by atoms with E-state index in [1.165, 1.54) is 16.5 Å². The lowest BCUT2D eigenvalue weighted by molar-refractivity contribution is -0.0245. The molecule has 1 fully saturated rings. The van der Waals surface area contributed by atoms with Crippen molar-refractivity contribution in [3.63, 3.8) is 0 Å². The van der Waals surface area contributed by atoms with Crippen LogP contribution in [-0.4, -0.2) is 48.4 Å². The van der Waals surface area contributed by atoms with Crippen LogP contribution in [0.3, 0.4) is 0 Å². The number of benzene rings is 2. The quantitative estimate of drug-likeness (QED) is 0.532. The molecule has 1 aromatic heterocycles. The molecular weight excluding hydrogens is 372 g/mol. The summed E-state index contributed by atoms with van der Waals surface area (Å²) in [6.07, 6.45) is 6.74. The third-order valence-corrected chi connectivity index (χ3v) is 7.05. The number of H-pyrrole nitrogens is 1. The highest BCUT2D eigenvalue weighted by molar-refractivity contribution is 5.83. The Labute approximate surface area is 179 Å². The number of fused-ring (bicyclic) bond motifs is 1. The zero-order chi connectivity index (χ0) is 21.0. The first-order chi connectivity index (χ1) is 14.6. The Morgan fingerprint density at radius 2 is 1.77 bits per heavy atom. The van der Waals surface area contributed by atoms with E-state index in [-0.39, 0.29) is 11.6 Å². The third-order valence-electron chi connectivity index (χ3n) is 7.05. The molecule has 2 N–H and O–H groups in total. The van der Waals surface area contributed by atoms with Crippen molar-refractivity contribution >= 4 is 10.9 Å². The van der Waals surface area contributed by atoms with Crippen molar-refractivity contribution in [2.45, 2.75) is 43.7 Å². The summed E-state index contributed by atoms with van der Waals surface area (Å²) in [5, 5.41) is 12.0. The minimum absolute atomic E-state index is 0.0771. The second-order valence-corrected chi connectivity index (χ2v) is 8.88. The molecule has 160 valence electrons. The second-order valence-electron chi connectivity index (χ2n) is 8.88. The summed E-state index contributed by atoms with van der Waals surface area (Å²) in [6.45, 7) is 1.06. The SMILES string of the molecule is CN(C)C1(c2ccccc2)CCC(C(O)COCCc2c[nH]c3ccccc23)CC1. The number of aromatic nitrogens is 1. The number of aliphatic hydroxyl groups is 1. The molecule has 1 saturated carbocycles. The molecule has 1 unspecified atom stereocenters. The van der Waals surface area contributed by atoms with Gasteiger partial charge in [0.1, 0.15) is 0 Å². The fourth-order valence-electron chi connectivity index (χ4n) is 5.11. The number of para-hydroxylation sites is 1. The van der Waals surface area contributed by atoms with Crippen LogP contribution in [0.2, 0.25) is 0 Å².